The fourth-order valence-electron chi connectivity index (χ4n) is 9.22. The molecule has 0 saturated heterocycles. The minimum absolute atomic E-state index is 0.0983. The van der Waals surface area contributed by atoms with Crippen molar-refractivity contribution in [2.75, 3.05) is 13.2 Å². The van der Waals surface area contributed by atoms with Crippen molar-refractivity contribution < 1.29 is 28.6 Å². The van der Waals surface area contributed by atoms with Crippen LogP contribution in [0.15, 0.2) is 109 Å². The maximum atomic E-state index is 12.8. The van der Waals surface area contributed by atoms with Crippen LogP contribution in [0.2, 0.25) is 0 Å². The Balaban J connectivity index is 4.17. The SMILES string of the molecule is CC/C=C\C/C=C\C/C=C\C/C=C\C/C=C\CC(=O)OC(COC(=O)CCCCCCCCCCCCCC)COC(=O)CCCCCCCCCCCCCCCCCCCCCC/C=C\C/C=C\C/C=C\C/C=C\CC. The van der Waals surface area contributed by atoms with Crippen molar-refractivity contribution in [3.05, 3.63) is 109 Å². The Bertz CT molecular complexity index is 1570. The molecule has 0 aromatic carbocycles. The third kappa shape index (κ3) is 62.9. The zero-order valence-electron chi connectivity index (χ0n) is 51.2. The van der Waals surface area contributed by atoms with E-state index in [9.17, 15) is 14.4 Å². The first kappa shape index (κ1) is 74.1. The van der Waals surface area contributed by atoms with E-state index < -0.39 is 12.1 Å². The average Bonchev–Trinajstić information content (AvgIpc) is 3.44. The monoisotopic (exact) mass is 1080 g/mol. The van der Waals surface area contributed by atoms with Crippen molar-refractivity contribution in [2.45, 2.75) is 316 Å². The lowest BCUT2D eigenvalue weighted by atomic mass is 10.0. The molecule has 0 aliphatic carbocycles. The molecule has 6 nitrogen and oxygen atoms in total. The summed E-state index contributed by atoms with van der Waals surface area (Å²) in [4.78, 5) is 38.2. The lowest BCUT2D eigenvalue weighted by Gasteiger charge is -2.18. The molecule has 0 spiro atoms. The zero-order valence-corrected chi connectivity index (χ0v) is 51.2. The highest BCUT2D eigenvalue weighted by Gasteiger charge is 2.19. The molecule has 0 bridgehead atoms. The fourth-order valence-corrected chi connectivity index (χ4v) is 9.22. The summed E-state index contributed by atoms with van der Waals surface area (Å²) in [5, 5.41) is 0. The third-order valence-electron chi connectivity index (χ3n) is 14.1. The van der Waals surface area contributed by atoms with Gasteiger partial charge in [-0.15, -0.1) is 0 Å². The van der Waals surface area contributed by atoms with Gasteiger partial charge in [-0.3, -0.25) is 14.4 Å². The van der Waals surface area contributed by atoms with Gasteiger partial charge in [0.05, 0.1) is 6.42 Å². The highest BCUT2D eigenvalue weighted by molar-refractivity contribution is 5.72. The average molecular weight is 1080 g/mol. The van der Waals surface area contributed by atoms with Crippen LogP contribution in [0.3, 0.4) is 0 Å². The normalized spacial score (nSPS) is 12.8. The first-order chi connectivity index (χ1) is 38.5. The van der Waals surface area contributed by atoms with Crippen LogP contribution < -0.4 is 0 Å². The van der Waals surface area contributed by atoms with Crippen LogP contribution >= 0.6 is 0 Å². The van der Waals surface area contributed by atoms with Crippen LogP contribution in [0, 0.1) is 0 Å². The van der Waals surface area contributed by atoms with Gasteiger partial charge in [0.1, 0.15) is 13.2 Å². The van der Waals surface area contributed by atoms with Crippen LogP contribution in [0.5, 0.6) is 0 Å². The second kappa shape index (κ2) is 65.6. The fraction of sp³-hybridized carbons (Fsp3) is 0.708. The molecule has 0 radical (unpaired) electrons. The van der Waals surface area contributed by atoms with E-state index in [1.807, 2.05) is 6.08 Å². The van der Waals surface area contributed by atoms with Crippen LogP contribution in [0.4, 0.5) is 0 Å². The number of allylic oxidation sites excluding steroid dienone is 17. The molecule has 0 aromatic heterocycles. The Morgan fingerprint density at radius 2 is 0.538 bits per heavy atom. The molecule has 0 heterocycles. The van der Waals surface area contributed by atoms with Gasteiger partial charge in [-0.05, 0) is 83.5 Å². The van der Waals surface area contributed by atoms with Crippen LogP contribution in [-0.2, 0) is 28.6 Å². The summed E-state index contributed by atoms with van der Waals surface area (Å²) in [5.74, 6) is -1.03. The lowest BCUT2D eigenvalue weighted by molar-refractivity contribution is -0.166. The van der Waals surface area contributed by atoms with E-state index >= 15 is 0 Å². The molecule has 0 rings (SSSR count). The molecule has 1 atom stereocenters. The topological polar surface area (TPSA) is 78.9 Å². The molecule has 1 unspecified atom stereocenters. The quantitative estimate of drug-likeness (QED) is 0.0261. The molecule has 0 aliphatic heterocycles. The number of unbranched alkanes of at least 4 members (excludes halogenated alkanes) is 31. The summed E-state index contributed by atoms with van der Waals surface area (Å²) in [6.45, 7) is 6.35. The molecule has 446 valence electrons. The highest BCUT2D eigenvalue weighted by atomic mass is 16.6. The van der Waals surface area contributed by atoms with E-state index in [1.54, 1.807) is 6.08 Å². The molecule has 0 saturated carbocycles. The summed E-state index contributed by atoms with van der Waals surface area (Å²) >= 11 is 0. The van der Waals surface area contributed by atoms with Gasteiger partial charge in [0.15, 0.2) is 6.10 Å². The first-order valence-electron chi connectivity index (χ1n) is 32.9. The number of hydrogen-bond donors (Lipinski definition) is 0. The van der Waals surface area contributed by atoms with E-state index in [-0.39, 0.29) is 31.6 Å². The Kier molecular flexibility index (Phi) is 62.3. The van der Waals surface area contributed by atoms with Crippen molar-refractivity contribution in [3.63, 3.8) is 0 Å². The number of ether oxygens (including phenoxy) is 3. The highest BCUT2D eigenvalue weighted by Crippen LogP contribution is 2.17. The molecule has 0 aromatic rings. The van der Waals surface area contributed by atoms with E-state index in [2.05, 4.69) is 118 Å². The van der Waals surface area contributed by atoms with Gasteiger partial charge >= 0.3 is 17.9 Å². The lowest BCUT2D eigenvalue weighted by Crippen LogP contribution is -2.30. The van der Waals surface area contributed by atoms with Crippen LogP contribution in [0.25, 0.3) is 0 Å². The molecule has 0 fully saturated rings. The van der Waals surface area contributed by atoms with Crippen LogP contribution in [-0.4, -0.2) is 37.2 Å². The predicted octanol–water partition coefficient (Wildman–Crippen LogP) is 22.6. The van der Waals surface area contributed by atoms with E-state index in [0.29, 0.717) is 12.8 Å². The smallest absolute Gasteiger partial charge is 0.310 e. The third-order valence-corrected chi connectivity index (χ3v) is 14.1. The minimum Gasteiger partial charge on any atom is -0.462 e. The van der Waals surface area contributed by atoms with E-state index in [4.69, 9.17) is 14.2 Å². The van der Waals surface area contributed by atoms with Gasteiger partial charge in [-0.1, -0.05) is 316 Å². The molecular weight excluding hydrogens is 961 g/mol. The second-order valence-electron chi connectivity index (χ2n) is 21.6. The number of esters is 3. The summed E-state index contributed by atoms with van der Waals surface area (Å²) in [6, 6.07) is 0. The second-order valence-corrected chi connectivity index (χ2v) is 21.6. The molecule has 0 amide bonds. The maximum absolute atomic E-state index is 12.8. The van der Waals surface area contributed by atoms with Gasteiger partial charge in [0.25, 0.3) is 0 Å². The predicted molar refractivity (Wildman–Crippen MR) is 339 cm³/mol. The molecular formula is C72H122O6. The molecule has 6 heteroatoms. The van der Waals surface area contributed by atoms with Gasteiger partial charge in [0.2, 0.25) is 0 Å². The van der Waals surface area contributed by atoms with Crippen molar-refractivity contribution >= 4 is 17.9 Å². The van der Waals surface area contributed by atoms with Gasteiger partial charge in [-0.25, -0.2) is 0 Å². The summed E-state index contributed by atoms with van der Waals surface area (Å²) < 4.78 is 16.8. The van der Waals surface area contributed by atoms with Crippen molar-refractivity contribution in [2.24, 2.45) is 0 Å². The first-order valence-corrected chi connectivity index (χ1v) is 32.9. The Labute approximate surface area is 482 Å². The number of carbonyl (C=O) groups excluding carboxylic acids is 3. The standard InChI is InChI=1S/C72H122O6/c1-4-7-10-13-16-19-22-25-27-28-29-30-31-32-33-34-35-36-37-38-39-40-41-42-43-44-46-47-50-53-56-59-62-65-71(74)77-68-69(67-76-70(73)64-61-58-55-52-49-24-21-18-15-12-9-6-3)78-72(75)66-63-60-57-54-51-48-45-26-23-20-17-14-11-8-5-2/h7-8,10-11,16-17,19-20,25-27,29-30,45,51,54,60,63,69H,4-6,9,12-15,18,21-24,28,31-44,46-50,52-53,55-59,61-62,64-68H2,1-3H3/b10-7-,11-8-,19-16-,20-17-,27-25-,30-29-,45-26-,54-51-,63-60-. The van der Waals surface area contributed by atoms with Gasteiger partial charge in [0, 0.05) is 12.8 Å². The summed E-state index contributed by atoms with van der Waals surface area (Å²) in [7, 11) is 0. The van der Waals surface area contributed by atoms with Crippen molar-refractivity contribution in [1.82, 2.24) is 0 Å². The Morgan fingerprint density at radius 3 is 0.846 bits per heavy atom. The van der Waals surface area contributed by atoms with Crippen molar-refractivity contribution in [1.29, 1.82) is 0 Å². The Morgan fingerprint density at radius 1 is 0.282 bits per heavy atom. The number of rotatable bonds is 59. The summed E-state index contributed by atoms with van der Waals surface area (Å²) in [5.41, 5.74) is 0. The summed E-state index contributed by atoms with van der Waals surface area (Å²) in [6.07, 6.45) is 90.1. The number of hydrogen-bond acceptors (Lipinski definition) is 6. The number of carbonyl (C=O) groups is 3. The van der Waals surface area contributed by atoms with Crippen LogP contribution in [0.1, 0.15) is 310 Å². The van der Waals surface area contributed by atoms with Gasteiger partial charge in [-0.2, -0.15) is 0 Å². The molecule has 0 aliphatic rings. The van der Waals surface area contributed by atoms with Crippen molar-refractivity contribution in [3.8, 4) is 0 Å². The largest absolute Gasteiger partial charge is 0.462 e. The minimum atomic E-state index is -0.830. The van der Waals surface area contributed by atoms with Gasteiger partial charge < -0.3 is 14.2 Å². The molecule has 78 heavy (non-hydrogen) atoms. The zero-order chi connectivity index (χ0) is 56.4. The van der Waals surface area contributed by atoms with E-state index in [0.717, 1.165) is 96.3 Å². The maximum Gasteiger partial charge on any atom is 0.310 e. The van der Waals surface area contributed by atoms with E-state index in [1.165, 1.54) is 173 Å². The molecule has 0 N–H and O–H groups in total. The Hall–Kier alpha value is -3.93.